The van der Waals surface area contributed by atoms with Crippen LogP contribution in [0.4, 0.5) is 4.79 Å². The summed E-state index contributed by atoms with van der Waals surface area (Å²) in [5.74, 6) is 0. The molecule has 1 heterocycles. The van der Waals surface area contributed by atoms with E-state index in [4.69, 9.17) is 0 Å². The molecule has 1 saturated carbocycles. The highest BCUT2D eigenvalue weighted by Gasteiger charge is 2.30. The fourth-order valence-electron chi connectivity index (χ4n) is 3.69. The number of urea groups is 1. The number of carbonyl (C=O) groups excluding carboxylic acids is 1. The van der Waals surface area contributed by atoms with Crippen molar-refractivity contribution in [2.45, 2.75) is 64.5 Å². The van der Waals surface area contributed by atoms with Gasteiger partial charge in [0.1, 0.15) is 0 Å². The van der Waals surface area contributed by atoms with Gasteiger partial charge in [0, 0.05) is 39.3 Å². The second-order valence-electron chi connectivity index (χ2n) is 7.56. The van der Waals surface area contributed by atoms with Crippen LogP contribution in [-0.4, -0.2) is 55.1 Å². The largest absolute Gasteiger partial charge is 0.331 e. The molecule has 2 fully saturated rings. The molecule has 2 aliphatic rings. The minimum Gasteiger partial charge on any atom is -0.331 e. The second kappa shape index (κ2) is 6.33. The molecule has 116 valence electrons. The molecule has 0 spiro atoms. The van der Waals surface area contributed by atoms with Crippen molar-refractivity contribution >= 4 is 6.03 Å². The van der Waals surface area contributed by atoms with Crippen molar-refractivity contribution in [1.29, 1.82) is 0 Å². The molecule has 1 atom stereocenters. The number of amides is 2. The van der Waals surface area contributed by atoms with Gasteiger partial charge in [-0.05, 0) is 37.5 Å². The molecule has 1 unspecified atom stereocenters. The summed E-state index contributed by atoms with van der Waals surface area (Å²) in [7, 11) is 3.66. The molecule has 2 rings (SSSR count). The summed E-state index contributed by atoms with van der Waals surface area (Å²) >= 11 is 0. The summed E-state index contributed by atoms with van der Waals surface area (Å²) in [6.07, 6.45) is 7.51. The number of hydrogen-bond donors (Lipinski definition) is 1. The van der Waals surface area contributed by atoms with Crippen LogP contribution in [-0.2, 0) is 0 Å². The van der Waals surface area contributed by atoms with Crippen LogP contribution in [0.5, 0.6) is 0 Å². The van der Waals surface area contributed by atoms with E-state index in [1.807, 2.05) is 19.0 Å². The lowest BCUT2D eigenvalue weighted by atomic mass is 9.75. The number of rotatable bonds is 2. The summed E-state index contributed by atoms with van der Waals surface area (Å²) in [6.45, 7) is 6.56. The van der Waals surface area contributed by atoms with Crippen LogP contribution in [0.15, 0.2) is 0 Å². The van der Waals surface area contributed by atoms with E-state index in [2.05, 4.69) is 19.2 Å². The molecule has 0 bridgehead atoms. The predicted molar refractivity (Wildman–Crippen MR) is 82.9 cm³/mol. The Balaban J connectivity index is 1.76. The topological polar surface area (TPSA) is 35.6 Å². The molecule has 2 amide bonds. The van der Waals surface area contributed by atoms with Gasteiger partial charge in [0.05, 0.1) is 0 Å². The fourth-order valence-corrected chi connectivity index (χ4v) is 3.69. The van der Waals surface area contributed by atoms with Crippen LogP contribution in [0.2, 0.25) is 0 Å². The van der Waals surface area contributed by atoms with E-state index in [0.29, 0.717) is 17.5 Å². The van der Waals surface area contributed by atoms with Gasteiger partial charge in [-0.3, -0.25) is 0 Å². The van der Waals surface area contributed by atoms with Gasteiger partial charge in [0.25, 0.3) is 0 Å². The van der Waals surface area contributed by atoms with Crippen molar-refractivity contribution < 1.29 is 4.79 Å². The molecule has 4 nitrogen and oxygen atoms in total. The third-order valence-electron chi connectivity index (χ3n) is 4.82. The molecule has 0 radical (unpaired) electrons. The van der Waals surface area contributed by atoms with Crippen LogP contribution >= 0.6 is 0 Å². The van der Waals surface area contributed by atoms with Crippen molar-refractivity contribution in [2.24, 2.45) is 5.41 Å². The van der Waals surface area contributed by atoms with E-state index >= 15 is 0 Å². The third kappa shape index (κ3) is 4.11. The van der Waals surface area contributed by atoms with Gasteiger partial charge in [-0.2, -0.15) is 0 Å². The lowest BCUT2D eigenvalue weighted by Crippen LogP contribution is -2.51. The van der Waals surface area contributed by atoms with E-state index < -0.39 is 0 Å². The quantitative estimate of drug-likeness (QED) is 0.844. The Morgan fingerprint density at radius 1 is 1.15 bits per heavy atom. The van der Waals surface area contributed by atoms with Gasteiger partial charge < -0.3 is 15.1 Å². The van der Waals surface area contributed by atoms with Crippen LogP contribution in [0.1, 0.15) is 52.4 Å². The monoisotopic (exact) mass is 281 g/mol. The van der Waals surface area contributed by atoms with Gasteiger partial charge in [-0.15, -0.1) is 0 Å². The molecule has 0 aromatic carbocycles. The lowest BCUT2D eigenvalue weighted by Gasteiger charge is -2.40. The Labute approximate surface area is 123 Å². The van der Waals surface area contributed by atoms with Gasteiger partial charge in [0.2, 0.25) is 0 Å². The number of nitrogens with one attached hydrogen (secondary N) is 1. The van der Waals surface area contributed by atoms with Gasteiger partial charge in [-0.25, -0.2) is 4.79 Å². The van der Waals surface area contributed by atoms with E-state index in [1.54, 1.807) is 4.90 Å². The highest BCUT2D eigenvalue weighted by atomic mass is 16.2. The maximum atomic E-state index is 11.9. The third-order valence-corrected chi connectivity index (χ3v) is 4.82. The molecule has 4 heteroatoms. The Bertz CT molecular complexity index is 333. The van der Waals surface area contributed by atoms with Crippen LogP contribution < -0.4 is 5.32 Å². The molecule has 0 aromatic heterocycles. The minimum absolute atomic E-state index is 0.155. The number of carbonyl (C=O) groups is 1. The average molecular weight is 281 g/mol. The number of likely N-dealkylation sites (tertiary alicyclic amines) is 1. The first-order chi connectivity index (χ1) is 9.37. The summed E-state index contributed by atoms with van der Waals surface area (Å²) in [5, 5.41) is 3.85. The van der Waals surface area contributed by atoms with Gasteiger partial charge in [0.15, 0.2) is 0 Å². The maximum absolute atomic E-state index is 11.9. The van der Waals surface area contributed by atoms with Crippen LogP contribution in [0, 0.1) is 5.41 Å². The van der Waals surface area contributed by atoms with Crippen molar-refractivity contribution in [1.82, 2.24) is 15.1 Å². The molecule has 0 aromatic rings. The van der Waals surface area contributed by atoms with E-state index in [0.717, 1.165) is 25.9 Å². The Morgan fingerprint density at radius 3 is 2.35 bits per heavy atom. The molecule has 1 aliphatic carbocycles. The zero-order valence-electron chi connectivity index (χ0n) is 13.6. The van der Waals surface area contributed by atoms with E-state index in [1.165, 1.54) is 25.7 Å². The Hall–Kier alpha value is -0.770. The standard InChI is InChI=1S/C16H31N3O/c1-16(2)9-5-6-14(12-16)17-13-7-10-19(11-8-13)15(20)18(3)4/h13-14,17H,5-12H2,1-4H3. The maximum Gasteiger partial charge on any atom is 0.319 e. The normalized spacial score (nSPS) is 27.4. The van der Waals surface area contributed by atoms with E-state index in [-0.39, 0.29) is 6.03 Å². The molecule has 1 N–H and O–H groups in total. The summed E-state index contributed by atoms with van der Waals surface area (Å²) in [5.41, 5.74) is 0.498. The van der Waals surface area contributed by atoms with Crippen molar-refractivity contribution in [2.75, 3.05) is 27.2 Å². The Morgan fingerprint density at radius 2 is 1.80 bits per heavy atom. The second-order valence-corrected chi connectivity index (χ2v) is 7.56. The van der Waals surface area contributed by atoms with Crippen molar-refractivity contribution in [3.63, 3.8) is 0 Å². The number of nitrogens with zero attached hydrogens (tertiary/aromatic N) is 2. The smallest absolute Gasteiger partial charge is 0.319 e. The first-order valence-corrected chi connectivity index (χ1v) is 8.10. The van der Waals surface area contributed by atoms with Crippen molar-refractivity contribution in [3.8, 4) is 0 Å². The first kappa shape index (κ1) is 15.6. The summed E-state index contributed by atoms with van der Waals surface area (Å²) in [4.78, 5) is 15.6. The zero-order valence-corrected chi connectivity index (χ0v) is 13.6. The summed E-state index contributed by atoms with van der Waals surface area (Å²) in [6, 6.07) is 1.43. The molecule has 20 heavy (non-hydrogen) atoms. The van der Waals surface area contributed by atoms with Crippen LogP contribution in [0.25, 0.3) is 0 Å². The number of hydrogen-bond acceptors (Lipinski definition) is 2. The average Bonchev–Trinajstić information content (AvgIpc) is 2.37. The molecule has 1 aliphatic heterocycles. The zero-order chi connectivity index (χ0) is 14.8. The fraction of sp³-hybridized carbons (Fsp3) is 0.938. The first-order valence-electron chi connectivity index (χ1n) is 8.10. The molecular weight excluding hydrogens is 250 g/mol. The molecule has 1 saturated heterocycles. The van der Waals surface area contributed by atoms with Gasteiger partial charge >= 0.3 is 6.03 Å². The summed E-state index contributed by atoms with van der Waals surface area (Å²) < 4.78 is 0. The predicted octanol–water partition coefficient (Wildman–Crippen LogP) is 2.69. The minimum atomic E-state index is 0.155. The van der Waals surface area contributed by atoms with Gasteiger partial charge in [-0.1, -0.05) is 20.3 Å². The highest BCUT2D eigenvalue weighted by molar-refractivity contribution is 5.73. The van der Waals surface area contributed by atoms with Crippen LogP contribution in [0.3, 0.4) is 0 Å². The number of piperidine rings is 1. The van der Waals surface area contributed by atoms with E-state index in [9.17, 15) is 4.79 Å². The lowest BCUT2D eigenvalue weighted by molar-refractivity contribution is 0.140. The SMILES string of the molecule is CN(C)C(=O)N1CCC(NC2CCCC(C)(C)C2)CC1. The highest BCUT2D eigenvalue weighted by Crippen LogP contribution is 2.35. The molecular formula is C16H31N3O. The Kier molecular flexibility index (Phi) is 4.95. The van der Waals surface area contributed by atoms with Crippen molar-refractivity contribution in [3.05, 3.63) is 0 Å².